The number of nitro benzene ring substituents is 1. The number of carbonyl (C=O) groups excluding carboxylic acids is 1. The predicted molar refractivity (Wildman–Crippen MR) is 132 cm³/mol. The van der Waals surface area contributed by atoms with E-state index >= 15 is 0 Å². The van der Waals surface area contributed by atoms with Crippen LogP contribution in [0.25, 0.3) is 17.4 Å². The van der Waals surface area contributed by atoms with Crippen LogP contribution in [-0.2, 0) is 14.8 Å². The molecule has 0 unspecified atom stereocenters. The van der Waals surface area contributed by atoms with Gasteiger partial charge in [0, 0.05) is 35.0 Å². The molecule has 1 amide bonds. The third kappa shape index (κ3) is 5.51. The number of amides is 1. The van der Waals surface area contributed by atoms with Crippen molar-refractivity contribution in [3.63, 3.8) is 0 Å². The van der Waals surface area contributed by atoms with Gasteiger partial charge in [-0.15, -0.1) is 0 Å². The first kappa shape index (κ1) is 24.8. The zero-order valence-corrected chi connectivity index (χ0v) is 20.0. The zero-order chi connectivity index (χ0) is 25.9. The molecule has 1 heterocycles. The van der Waals surface area contributed by atoms with E-state index in [1.54, 1.807) is 31.2 Å². The molecule has 1 aliphatic carbocycles. The molecule has 36 heavy (non-hydrogen) atoms. The van der Waals surface area contributed by atoms with Gasteiger partial charge < -0.3 is 9.73 Å². The minimum absolute atomic E-state index is 0.00921. The molecule has 0 saturated heterocycles. The van der Waals surface area contributed by atoms with E-state index in [1.165, 1.54) is 36.4 Å². The minimum Gasteiger partial charge on any atom is -0.457 e. The monoisotopic (exact) mass is 506 g/mol. The number of benzene rings is 2. The lowest BCUT2D eigenvalue weighted by molar-refractivity contribution is -0.385. The first-order valence-corrected chi connectivity index (χ1v) is 12.6. The molecule has 11 heteroatoms. The highest BCUT2D eigenvalue weighted by Gasteiger charge is 2.24. The van der Waals surface area contributed by atoms with E-state index in [1.807, 2.05) is 6.07 Å². The van der Waals surface area contributed by atoms with Gasteiger partial charge in [-0.2, -0.15) is 5.26 Å². The third-order valence-electron chi connectivity index (χ3n) is 5.81. The molecule has 4 rings (SSSR count). The van der Waals surface area contributed by atoms with Crippen LogP contribution >= 0.6 is 0 Å². The van der Waals surface area contributed by atoms with Crippen molar-refractivity contribution in [3.05, 3.63) is 81.6 Å². The molecule has 2 N–H and O–H groups in total. The lowest BCUT2D eigenvalue weighted by atomic mass is 9.94. The van der Waals surface area contributed by atoms with Crippen molar-refractivity contribution in [3.8, 4) is 17.4 Å². The highest BCUT2D eigenvalue weighted by Crippen LogP contribution is 2.27. The summed E-state index contributed by atoms with van der Waals surface area (Å²) in [6, 6.07) is 15.4. The molecule has 2 aromatic carbocycles. The second-order valence-corrected chi connectivity index (χ2v) is 10.1. The van der Waals surface area contributed by atoms with E-state index in [2.05, 4.69) is 10.0 Å². The number of furan rings is 1. The summed E-state index contributed by atoms with van der Waals surface area (Å²) in [5.74, 6) is -0.0157. The molecule has 3 aromatic rings. The Kier molecular flexibility index (Phi) is 7.00. The van der Waals surface area contributed by atoms with E-state index < -0.39 is 20.9 Å². The van der Waals surface area contributed by atoms with Crippen molar-refractivity contribution in [2.45, 2.75) is 37.1 Å². The van der Waals surface area contributed by atoms with E-state index in [9.17, 15) is 28.6 Å². The van der Waals surface area contributed by atoms with Crippen LogP contribution in [0.5, 0.6) is 0 Å². The molecule has 1 aromatic heterocycles. The van der Waals surface area contributed by atoms with Crippen molar-refractivity contribution in [2.75, 3.05) is 5.32 Å². The summed E-state index contributed by atoms with van der Waals surface area (Å²) in [5, 5.41) is 22.9. The van der Waals surface area contributed by atoms with Crippen LogP contribution in [0.1, 0.15) is 30.6 Å². The van der Waals surface area contributed by atoms with Gasteiger partial charge in [-0.1, -0.05) is 6.42 Å². The summed E-state index contributed by atoms with van der Waals surface area (Å²) >= 11 is 0. The molecule has 10 nitrogen and oxygen atoms in total. The maximum absolute atomic E-state index is 12.5. The maximum Gasteiger partial charge on any atom is 0.272 e. The highest BCUT2D eigenvalue weighted by atomic mass is 32.2. The van der Waals surface area contributed by atoms with Crippen LogP contribution in [0.4, 0.5) is 11.4 Å². The number of nitro groups is 1. The SMILES string of the molecule is Cc1cc(NC(=O)/C(C#N)=C/c2ccc(-c3ccc(S(=O)(=O)NC4CCC4)cc3)o2)ccc1[N+](=O)[O-]. The average Bonchev–Trinajstić information content (AvgIpc) is 3.28. The Morgan fingerprint density at radius 3 is 2.47 bits per heavy atom. The molecule has 1 fully saturated rings. The fourth-order valence-electron chi connectivity index (χ4n) is 3.62. The van der Waals surface area contributed by atoms with Gasteiger partial charge in [0.15, 0.2) is 0 Å². The van der Waals surface area contributed by atoms with E-state index in [0.717, 1.165) is 19.3 Å². The van der Waals surface area contributed by atoms with Crippen molar-refractivity contribution >= 4 is 33.4 Å². The first-order valence-electron chi connectivity index (χ1n) is 11.1. The van der Waals surface area contributed by atoms with Crippen LogP contribution in [0.15, 0.2) is 69.5 Å². The Balaban J connectivity index is 1.47. The summed E-state index contributed by atoms with van der Waals surface area (Å²) in [6.07, 6.45) is 3.98. The van der Waals surface area contributed by atoms with E-state index in [4.69, 9.17) is 4.42 Å². The third-order valence-corrected chi connectivity index (χ3v) is 7.34. The van der Waals surface area contributed by atoms with Gasteiger partial charge in [-0.25, -0.2) is 13.1 Å². The number of nitriles is 1. The van der Waals surface area contributed by atoms with Crippen LogP contribution < -0.4 is 10.0 Å². The van der Waals surface area contributed by atoms with Crippen molar-refractivity contribution < 1.29 is 22.6 Å². The summed E-state index contributed by atoms with van der Waals surface area (Å²) in [4.78, 5) is 23.1. The van der Waals surface area contributed by atoms with E-state index in [-0.39, 0.29) is 28.0 Å². The highest BCUT2D eigenvalue weighted by molar-refractivity contribution is 7.89. The number of sulfonamides is 1. The normalized spacial score (nSPS) is 14.1. The predicted octanol–water partition coefficient (Wildman–Crippen LogP) is 4.54. The summed E-state index contributed by atoms with van der Waals surface area (Å²) in [5.41, 5.74) is 1.00. The number of aryl methyl sites for hydroxylation is 1. The van der Waals surface area contributed by atoms with Gasteiger partial charge in [0.1, 0.15) is 23.2 Å². The van der Waals surface area contributed by atoms with Gasteiger partial charge >= 0.3 is 0 Å². The van der Waals surface area contributed by atoms with Gasteiger partial charge in [0.05, 0.1) is 9.82 Å². The number of nitrogens with zero attached hydrogens (tertiary/aromatic N) is 2. The molecule has 0 radical (unpaired) electrons. The Morgan fingerprint density at radius 2 is 1.89 bits per heavy atom. The standard InChI is InChI=1S/C25H22N4O6S/c1-16-13-20(7-11-23(16)29(31)32)27-25(30)18(15-26)14-21-8-12-24(35-21)17-5-9-22(10-6-17)36(33,34)28-19-3-2-4-19/h5-14,19,28H,2-4H2,1H3,(H,27,30)/b18-14+. The largest absolute Gasteiger partial charge is 0.457 e. The van der Waals surface area contributed by atoms with Gasteiger partial charge in [0.25, 0.3) is 11.6 Å². The summed E-state index contributed by atoms with van der Waals surface area (Å²) in [6.45, 7) is 1.55. The van der Waals surface area contributed by atoms with Crippen LogP contribution in [0.3, 0.4) is 0 Å². The molecule has 0 spiro atoms. The van der Waals surface area contributed by atoms with E-state index in [0.29, 0.717) is 22.6 Å². The minimum atomic E-state index is -3.58. The lowest BCUT2D eigenvalue weighted by Crippen LogP contribution is -2.39. The topological polar surface area (TPSA) is 155 Å². The Labute approximate surface area is 207 Å². The lowest BCUT2D eigenvalue weighted by Gasteiger charge is -2.26. The second kappa shape index (κ2) is 10.2. The second-order valence-electron chi connectivity index (χ2n) is 8.36. The number of nitrogens with one attached hydrogen (secondary N) is 2. The maximum atomic E-state index is 12.5. The van der Waals surface area contributed by atoms with Crippen LogP contribution in [0, 0.1) is 28.4 Å². The Morgan fingerprint density at radius 1 is 1.17 bits per heavy atom. The summed E-state index contributed by atoms with van der Waals surface area (Å²) < 4.78 is 33.3. The molecule has 184 valence electrons. The zero-order valence-electron chi connectivity index (χ0n) is 19.2. The Bertz CT molecular complexity index is 1500. The fourth-order valence-corrected chi connectivity index (χ4v) is 4.93. The number of carbonyl (C=O) groups is 1. The molecule has 1 saturated carbocycles. The van der Waals surface area contributed by atoms with Crippen LogP contribution in [0.2, 0.25) is 0 Å². The quantitative estimate of drug-likeness (QED) is 0.197. The van der Waals surface area contributed by atoms with Crippen molar-refractivity contribution in [1.29, 1.82) is 5.26 Å². The molecular weight excluding hydrogens is 484 g/mol. The number of anilines is 1. The number of rotatable bonds is 8. The molecule has 0 aliphatic heterocycles. The van der Waals surface area contributed by atoms with Crippen molar-refractivity contribution in [1.82, 2.24) is 4.72 Å². The fraction of sp³-hybridized carbons (Fsp3) is 0.200. The van der Waals surface area contributed by atoms with Crippen LogP contribution in [-0.4, -0.2) is 25.3 Å². The van der Waals surface area contributed by atoms with Crippen molar-refractivity contribution in [2.24, 2.45) is 0 Å². The van der Waals surface area contributed by atoms with Gasteiger partial charge in [0.2, 0.25) is 10.0 Å². The molecule has 1 aliphatic rings. The molecule has 0 atom stereocenters. The molecule has 0 bridgehead atoms. The number of hydrogen-bond donors (Lipinski definition) is 2. The van der Waals surface area contributed by atoms with Gasteiger partial charge in [-0.3, -0.25) is 14.9 Å². The molecular formula is C25H22N4O6S. The summed E-state index contributed by atoms with van der Waals surface area (Å²) in [7, 11) is -3.58. The number of hydrogen-bond acceptors (Lipinski definition) is 7. The van der Waals surface area contributed by atoms with Gasteiger partial charge in [-0.05, 0) is 68.3 Å². The smallest absolute Gasteiger partial charge is 0.272 e. The Hall–Kier alpha value is -4.27. The average molecular weight is 507 g/mol. The first-order chi connectivity index (χ1) is 17.2.